The molecule has 0 aliphatic carbocycles. The quantitative estimate of drug-likeness (QED) is 0.219. The molecular weight excluding hydrogens is 588 g/mol. The number of para-hydroxylation sites is 4. The van der Waals surface area contributed by atoms with Gasteiger partial charge in [0.05, 0.1) is 23.9 Å². The van der Waals surface area contributed by atoms with Crippen LogP contribution < -0.4 is 9.13 Å². The fraction of sp³-hybridized carbons (Fsp3) is 0.161. The van der Waals surface area contributed by atoms with E-state index in [0.29, 0.717) is 0 Å². The van der Waals surface area contributed by atoms with Crippen molar-refractivity contribution in [3.05, 3.63) is 121 Å². The molecular formula is C31H32N4O6S2. The molecule has 6 aromatic rings. The van der Waals surface area contributed by atoms with Gasteiger partial charge in [-0.3, -0.25) is 0 Å². The zero-order valence-corrected chi connectivity index (χ0v) is 25.8. The SMILES string of the molecule is C[n+]1cn(Cn2c[n+](C)c3ccccc32)c2ccccc21.Cc1ccc(S(=O)(=O)[O-])cc1.Cc1ccc(S(=O)(=O)[O-])cc1. The van der Waals surface area contributed by atoms with Gasteiger partial charge < -0.3 is 9.11 Å². The summed E-state index contributed by atoms with van der Waals surface area (Å²) in [6.07, 6.45) is 4.30. The second-order valence-electron chi connectivity index (χ2n) is 10.0. The Kier molecular flexibility index (Phi) is 9.46. The highest BCUT2D eigenvalue weighted by Crippen LogP contribution is 2.14. The van der Waals surface area contributed by atoms with Gasteiger partial charge in [-0.1, -0.05) is 59.7 Å². The molecule has 0 aliphatic heterocycles. The van der Waals surface area contributed by atoms with Gasteiger partial charge in [-0.25, -0.2) is 26.0 Å². The van der Waals surface area contributed by atoms with Crippen LogP contribution in [0, 0.1) is 13.8 Å². The number of hydrogen-bond acceptors (Lipinski definition) is 6. The summed E-state index contributed by atoms with van der Waals surface area (Å²) in [5.41, 5.74) is 6.85. The van der Waals surface area contributed by atoms with Crippen LogP contribution in [0.4, 0.5) is 0 Å². The minimum absolute atomic E-state index is 0.178. The molecule has 0 bridgehead atoms. The Hall–Kier alpha value is -4.36. The number of benzene rings is 4. The zero-order valence-electron chi connectivity index (χ0n) is 24.2. The Bertz CT molecular complexity index is 1930. The molecule has 12 heteroatoms. The third kappa shape index (κ3) is 7.93. The predicted octanol–water partition coefficient (Wildman–Crippen LogP) is 3.55. The molecule has 0 atom stereocenters. The summed E-state index contributed by atoms with van der Waals surface area (Å²) < 4.78 is 71.2. The highest BCUT2D eigenvalue weighted by atomic mass is 32.2. The van der Waals surface area contributed by atoms with Crippen molar-refractivity contribution in [1.29, 1.82) is 0 Å². The van der Waals surface area contributed by atoms with Crippen LogP contribution in [-0.4, -0.2) is 35.1 Å². The first kappa shape index (κ1) is 31.6. The molecule has 224 valence electrons. The number of rotatable bonds is 4. The maximum Gasteiger partial charge on any atom is 0.247 e. The highest BCUT2D eigenvalue weighted by Gasteiger charge is 2.18. The topological polar surface area (TPSA) is 132 Å². The summed E-state index contributed by atoms with van der Waals surface area (Å²) in [6.45, 7) is 4.45. The summed E-state index contributed by atoms with van der Waals surface area (Å²) in [7, 11) is -4.36. The van der Waals surface area contributed by atoms with Gasteiger partial charge in [-0.2, -0.15) is 9.13 Å². The van der Waals surface area contributed by atoms with Crippen molar-refractivity contribution in [2.45, 2.75) is 30.3 Å². The van der Waals surface area contributed by atoms with Crippen LogP contribution in [0.5, 0.6) is 0 Å². The van der Waals surface area contributed by atoms with Gasteiger partial charge >= 0.3 is 0 Å². The van der Waals surface area contributed by atoms with Gasteiger partial charge in [0.15, 0.2) is 22.1 Å². The molecule has 4 aromatic carbocycles. The van der Waals surface area contributed by atoms with Crippen LogP contribution in [0.15, 0.2) is 120 Å². The first-order chi connectivity index (χ1) is 20.2. The molecule has 0 aliphatic rings. The summed E-state index contributed by atoms with van der Waals surface area (Å²) in [5, 5.41) is 0. The third-order valence-corrected chi connectivity index (χ3v) is 8.39. The molecule has 0 spiro atoms. The molecule has 0 radical (unpaired) electrons. The lowest BCUT2D eigenvalue weighted by molar-refractivity contribution is -0.646. The van der Waals surface area contributed by atoms with E-state index in [0.717, 1.165) is 17.8 Å². The fourth-order valence-electron chi connectivity index (χ4n) is 4.48. The fourth-order valence-corrected chi connectivity index (χ4v) is 5.42. The van der Waals surface area contributed by atoms with Gasteiger partial charge in [-0.05, 0) is 62.4 Å². The minimum atomic E-state index is -4.27. The van der Waals surface area contributed by atoms with Crippen LogP contribution in [-0.2, 0) is 41.0 Å². The van der Waals surface area contributed by atoms with Crippen molar-refractivity contribution >= 4 is 42.3 Å². The third-order valence-electron chi connectivity index (χ3n) is 6.69. The number of imidazole rings is 2. The summed E-state index contributed by atoms with van der Waals surface area (Å²) in [4.78, 5) is -0.355. The molecule has 0 fully saturated rings. The van der Waals surface area contributed by atoms with Crippen LogP contribution in [0.3, 0.4) is 0 Å². The molecule has 2 heterocycles. The molecule has 0 amide bonds. The molecule has 0 saturated carbocycles. The molecule has 43 heavy (non-hydrogen) atoms. The Morgan fingerprint density at radius 1 is 0.558 bits per heavy atom. The van der Waals surface area contributed by atoms with Crippen molar-refractivity contribution in [3.63, 3.8) is 0 Å². The van der Waals surface area contributed by atoms with E-state index in [4.69, 9.17) is 0 Å². The van der Waals surface area contributed by atoms with E-state index in [1.807, 2.05) is 13.8 Å². The molecule has 2 aromatic heterocycles. The van der Waals surface area contributed by atoms with Crippen LogP contribution in [0.25, 0.3) is 22.1 Å². The first-order valence-electron chi connectivity index (χ1n) is 13.2. The predicted molar refractivity (Wildman–Crippen MR) is 160 cm³/mol. The Morgan fingerprint density at radius 2 is 0.884 bits per heavy atom. The standard InChI is InChI=1S/C17H18N4.2C7H8O3S/c1-18-11-20(16-9-5-3-7-14(16)18)13-21-12-19(2)15-8-4-6-10-17(15)21;2*1-6-2-4-7(5-3-6)11(8,9)10/h3-12H,13H2,1-2H3;2*2-5H,1H3,(H,8,9,10)/q+2;;/p-2. The van der Waals surface area contributed by atoms with Gasteiger partial charge in [0.1, 0.15) is 20.2 Å². The van der Waals surface area contributed by atoms with Crippen LogP contribution in [0.1, 0.15) is 11.1 Å². The average Bonchev–Trinajstić information content (AvgIpc) is 3.45. The number of hydrogen-bond donors (Lipinski definition) is 0. The number of aryl methyl sites for hydroxylation is 4. The largest absolute Gasteiger partial charge is 0.744 e. The number of aromatic nitrogens is 4. The van der Waals surface area contributed by atoms with E-state index in [1.165, 1.54) is 46.3 Å². The maximum atomic E-state index is 10.4. The molecule has 0 N–H and O–H groups in total. The molecule has 10 nitrogen and oxygen atoms in total. The van der Waals surface area contributed by atoms with Gasteiger partial charge in [-0.15, -0.1) is 0 Å². The minimum Gasteiger partial charge on any atom is -0.744 e. The maximum absolute atomic E-state index is 10.4. The monoisotopic (exact) mass is 620 g/mol. The van der Waals surface area contributed by atoms with Gasteiger partial charge in [0, 0.05) is 0 Å². The molecule has 6 rings (SSSR count). The normalized spacial score (nSPS) is 11.5. The summed E-state index contributed by atoms with van der Waals surface area (Å²) >= 11 is 0. The molecule has 0 saturated heterocycles. The number of fused-ring (bicyclic) bond motifs is 2. The van der Waals surface area contributed by atoms with E-state index in [9.17, 15) is 25.9 Å². The summed E-state index contributed by atoms with van der Waals surface area (Å²) in [5.74, 6) is 0. The zero-order chi connectivity index (χ0) is 31.4. The lowest BCUT2D eigenvalue weighted by Crippen LogP contribution is -2.26. The van der Waals surface area contributed by atoms with Crippen molar-refractivity contribution in [3.8, 4) is 0 Å². The lowest BCUT2D eigenvalue weighted by atomic mass is 10.2. The smallest absolute Gasteiger partial charge is 0.247 e. The van der Waals surface area contributed by atoms with Crippen LogP contribution in [0.2, 0.25) is 0 Å². The Labute approximate surface area is 251 Å². The lowest BCUT2D eigenvalue weighted by Gasteiger charge is -2.05. The van der Waals surface area contributed by atoms with Crippen LogP contribution >= 0.6 is 0 Å². The van der Waals surface area contributed by atoms with Crippen molar-refractivity contribution in [2.75, 3.05) is 0 Å². The van der Waals surface area contributed by atoms with E-state index < -0.39 is 20.2 Å². The summed E-state index contributed by atoms with van der Waals surface area (Å²) in [6, 6.07) is 28.5. The van der Waals surface area contributed by atoms with Gasteiger partial charge in [0.25, 0.3) is 0 Å². The number of nitrogens with zero attached hydrogens (tertiary/aromatic N) is 4. The van der Waals surface area contributed by atoms with E-state index in [2.05, 4.69) is 93.5 Å². The molecule has 0 unspecified atom stereocenters. The Balaban J connectivity index is 0.000000164. The second-order valence-corrected chi connectivity index (χ2v) is 12.8. The Morgan fingerprint density at radius 3 is 1.21 bits per heavy atom. The highest BCUT2D eigenvalue weighted by molar-refractivity contribution is 7.86. The van der Waals surface area contributed by atoms with E-state index >= 15 is 0 Å². The van der Waals surface area contributed by atoms with Crippen molar-refractivity contribution in [1.82, 2.24) is 9.13 Å². The first-order valence-corrected chi connectivity index (χ1v) is 16.0. The van der Waals surface area contributed by atoms with Crippen molar-refractivity contribution < 1.29 is 35.1 Å². The van der Waals surface area contributed by atoms with E-state index in [-0.39, 0.29) is 9.79 Å². The van der Waals surface area contributed by atoms with E-state index in [1.54, 1.807) is 24.3 Å². The van der Waals surface area contributed by atoms with Gasteiger partial charge in [0.2, 0.25) is 19.3 Å². The average molecular weight is 621 g/mol. The van der Waals surface area contributed by atoms with Crippen molar-refractivity contribution in [2.24, 2.45) is 14.1 Å². The second kappa shape index (κ2) is 12.9.